The molecule has 2 aliphatic carbocycles. The van der Waals surface area contributed by atoms with E-state index in [4.69, 9.17) is 5.73 Å². The molecule has 7 nitrogen and oxygen atoms in total. The summed E-state index contributed by atoms with van der Waals surface area (Å²) in [5.74, 6) is 0.966. The summed E-state index contributed by atoms with van der Waals surface area (Å²) in [7, 11) is 0. The van der Waals surface area contributed by atoms with E-state index in [-0.39, 0.29) is 24.6 Å². The normalized spacial score (nSPS) is 31.0. The number of nitrogens with two attached hydrogens (primary N) is 1. The highest BCUT2D eigenvalue weighted by Crippen LogP contribution is 2.31. The van der Waals surface area contributed by atoms with Gasteiger partial charge in [-0.3, -0.25) is 0 Å². The number of aliphatic hydroxyl groups excluding tert-OH is 1. The largest absolute Gasteiger partial charge is 0.396 e. The van der Waals surface area contributed by atoms with Crippen LogP contribution in [0.25, 0.3) is 11.2 Å². The predicted octanol–water partition coefficient (Wildman–Crippen LogP) is 0.447. The fraction of sp³-hybridized carbons (Fsp3) is 0.500. The van der Waals surface area contributed by atoms with Crippen molar-refractivity contribution in [2.24, 2.45) is 11.7 Å². The molecule has 1 fully saturated rings. The smallest absolute Gasteiger partial charge is 0.165 e. The molecule has 2 aromatic rings. The Labute approximate surface area is 121 Å². The number of imidazole rings is 1. The number of aromatic nitrogens is 4. The van der Waals surface area contributed by atoms with E-state index in [1.807, 2.05) is 4.57 Å². The molecule has 0 spiro atoms. The minimum Gasteiger partial charge on any atom is -0.396 e. The van der Waals surface area contributed by atoms with E-state index in [1.165, 1.54) is 0 Å². The first-order valence-electron chi connectivity index (χ1n) is 7.25. The number of anilines is 1. The minimum atomic E-state index is 0.182. The Morgan fingerprint density at radius 2 is 2.14 bits per heavy atom. The molecule has 0 saturated heterocycles. The van der Waals surface area contributed by atoms with Gasteiger partial charge in [0.2, 0.25) is 0 Å². The van der Waals surface area contributed by atoms with Crippen LogP contribution >= 0.6 is 0 Å². The second-order valence-electron chi connectivity index (χ2n) is 5.83. The first kappa shape index (κ1) is 12.7. The van der Waals surface area contributed by atoms with Crippen LogP contribution in [-0.2, 0) is 0 Å². The first-order valence-corrected chi connectivity index (χ1v) is 7.25. The average Bonchev–Trinajstić information content (AvgIpc) is 2.94. The van der Waals surface area contributed by atoms with Crippen LogP contribution in [0.1, 0.15) is 18.9 Å². The van der Waals surface area contributed by atoms with E-state index in [0.717, 1.165) is 29.8 Å². The van der Waals surface area contributed by atoms with E-state index in [2.05, 4.69) is 32.4 Å². The number of hydrogen-bond acceptors (Lipinski definition) is 6. The van der Waals surface area contributed by atoms with Crippen LogP contribution < -0.4 is 11.1 Å². The summed E-state index contributed by atoms with van der Waals surface area (Å²) in [6, 6.07) is 0.691. The summed E-state index contributed by atoms with van der Waals surface area (Å²) >= 11 is 0. The Hall–Kier alpha value is -1.99. The van der Waals surface area contributed by atoms with Gasteiger partial charge in [-0.15, -0.1) is 0 Å². The highest BCUT2D eigenvalue weighted by Gasteiger charge is 2.34. The van der Waals surface area contributed by atoms with Gasteiger partial charge in [-0.05, 0) is 12.8 Å². The van der Waals surface area contributed by atoms with Gasteiger partial charge in [0.05, 0.1) is 12.4 Å². The Morgan fingerprint density at radius 1 is 1.29 bits per heavy atom. The number of nitrogens with zero attached hydrogens (tertiary/aromatic N) is 4. The van der Waals surface area contributed by atoms with Gasteiger partial charge in [0.1, 0.15) is 11.8 Å². The van der Waals surface area contributed by atoms with E-state index in [9.17, 15) is 5.11 Å². The summed E-state index contributed by atoms with van der Waals surface area (Å²) in [5, 5.41) is 12.6. The Balaban J connectivity index is 1.66. The lowest BCUT2D eigenvalue weighted by molar-refractivity contribution is 0.244. The van der Waals surface area contributed by atoms with Crippen molar-refractivity contribution >= 4 is 17.0 Å². The van der Waals surface area contributed by atoms with Crippen molar-refractivity contribution in [2.45, 2.75) is 31.0 Å². The zero-order chi connectivity index (χ0) is 14.4. The van der Waals surface area contributed by atoms with E-state index >= 15 is 0 Å². The molecule has 2 unspecified atom stereocenters. The third kappa shape index (κ3) is 2.18. The van der Waals surface area contributed by atoms with Gasteiger partial charge in [0.15, 0.2) is 11.5 Å². The van der Waals surface area contributed by atoms with Crippen LogP contribution in [0.15, 0.2) is 24.8 Å². The molecule has 4 atom stereocenters. The number of nitrogens with one attached hydrogen (secondary N) is 1. The number of aliphatic hydroxyl groups is 1. The third-order valence-electron chi connectivity index (χ3n) is 4.26. The highest BCUT2D eigenvalue weighted by atomic mass is 16.3. The van der Waals surface area contributed by atoms with Crippen molar-refractivity contribution in [1.29, 1.82) is 0 Å². The van der Waals surface area contributed by atoms with E-state index in [1.54, 1.807) is 12.7 Å². The molecular weight excluding hydrogens is 268 g/mol. The molecule has 4 N–H and O–H groups in total. The highest BCUT2D eigenvalue weighted by molar-refractivity contribution is 5.83. The van der Waals surface area contributed by atoms with Gasteiger partial charge in [-0.25, -0.2) is 15.0 Å². The summed E-state index contributed by atoms with van der Waals surface area (Å²) < 4.78 is 2.04. The molecule has 0 bridgehead atoms. The molecule has 2 aromatic heterocycles. The zero-order valence-electron chi connectivity index (χ0n) is 11.6. The molecule has 0 radical (unpaired) electrons. The average molecular weight is 286 g/mol. The van der Waals surface area contributed by atoms with Crippen LogP contribution in [0.2, 0.25) is 0 Å². The SMILES string of the molecule is NC1CC1Nc1ncnc2c1ncn2[C@H]1C=C[C@@H](CO)C1. The lowest BCUT2D eigenvalue weighted by atomic mass is 10.1. The predicted molar refractivity (Wildman–Crippen MR) is 78.7 cm³/mol. The number of fused-ring (bicyclic) bond motifs is 1. The Bertz CT molecular complexity index is 696. The van der Waals surface area contributed by atoms with Crippen molar-refractivity contribution in [3.63, 3.8) is 0 Å². The second-order valence-corrected chi connectivity index (χ2v) is 5.83. The number of rotatable bonds is 4. The first-order chi connectivity index (χ1) is 10.3. The summed E-state index contributed by atoms with van der Waals surface area (Å²) in [4.78, 5) is 13.1. The summed E-state index contributed by atoms with van der Waals surface area (Å²) in [6.45, 7) is 0.182. The maximum absolute atomic E-state index is 9.25. The maximum Gasteiger partial charge on any atom is 0.165 e. The van der Waals surface area contributed by atoms with Crippen molar-refractivity contribution in [3.8, 4) is 0 Å². The maximum atomic E-state index is 9.25. The monoisotopic (exact) mass is 286 g/mol. The van der Waals surface area contributed by atoms with Crippen LogP contribution in [0, 0.1) is 5.92 Å². The van der Waals surface area contributed by atoms with E-state index < -0.39 is 0 Å². The Morgan fingerprint density at radius 3 is 2.86 bits per heavy atom. The standard InChI is InChI=1S/C14H18N6O/c15-10-4-11(10)19-13-12-14(17-6-16-13)20(7-18-12)9-2-1-8(3-9)5-21/h1-2,6-11,21H,3-5,15H2,(H,16,17,19)/t8-,9+,10?,11?/m1/s1. The van der Waals surface area contributed by atoms with Gasteiger partial charge < -0.3 is 20.7 Å². The Kier molecular flexibility index (Phi) is 2.90. The fourth-order valence-corrected chi connectivity index (χ4v) is 2.85. The number of allylic oxidation sites excluding steroid dienone is 1. The van der Waals surface area contributed by atoms with Gasteiger partial charge >= 0.3 is 0 Å². The third-order valence-corrected chi connectivity index (χ3v) is 4.26. The molecule has 2 aliphatic rings. The van der Waals surface area contributed by atoms with Crippen LogP contribution in [-0.4, -0.2) is 43.3 Å². The molecule has 0 amide bonds. The van der Waals surface area contributed by atoms with Crippen molar-refractivity contribution in [2.75, 3.05) is 11.9 Å². The molecule has 1 saturated carbocycles. The van der Waals surface area contributed by atoms with Crippen LogP contribution in [0.3, 0.4) is 0 Å². The zero-order valence-corrected chi connectivity index (χ0v) is 11.6. The van der Waals surface area contributed by atoms with Gasteiger partial charge in [0.25, 0.3) is 0 Å². The molecule has 110 valence electrons. The van der Waals surface area contributed by atoms with Crippen LogP contribution in [0.5, 0.6) is 0 Å². The molecule has 0 aliphatic heterocycles. The van der Waals surface area contributed by atoms with Crippen molar-refractivity contribution < 1.29 is 5.11 Å². The lowest BCUT2D eigenvalue weighted by Crippen LogP contribution is -2.14. The van der Waals surface area contributed by atoms with Gasteiger partial charge in [0, 0.05) is 24.6 Å². The number of hydrogen-bond donors (Lipinski definition) is 3. The van der Waals surface area contributed by atoms with Crippen molar-refractivity contribution in [3.05, 3.63) is 24.8 Å². The van der Waals surface area contributed by atoms with Crippen molar-refractivity contribution in [1.82, 2.24) is 19.5 Å². The summed E-state index contributed by atoms with van der Waals surface area (Å²) in [6.07, 6.45) is 9.36. The molecule has 21 heavy (non-hydrogen) atoms. The lowest BCUT2D eigenvalue weighted by Gasteiger charge is -2.12. The summed E-state index contributed by atoms with van der Waals surface area (Å²) in [5.41, 5.74) is 7.42. The molecular formula is C14H18N6O. The minimum absolute atomic E-state index is 0.182. The quantitative estimate of drug-likeness (QED) is 0.705. The molecule has 4 rings (SSSR count). The topological polar surface area (TPSA) is 102 Å². The van der Waals surface area contributed by atoms with Crippen LogP contribution in [0.4, 0.5) is 5.82 Å². The molecule has 0 aromatic carbocycles. The van der Waals surface area contributed by atoms with E-state index in [0.29, 0.717) is 6.04 Å². The van der Waals surface area contributed by atoms with Gasteiger partial charge in [-0.1, -0.05) is 12.2 Å². The van der Waals surface area contributed by atoms with Gasteiger partial charge in [-0.2, -0.15) is 0 Å². The molecule has 7 heteroatoms. The molecule has 2 heterocycles. The second kappa shape index (κ2) is 4.78. The fourth-order valence-electron chi connectivity index (χ4n) is 2.85.